The maximum absolute atomic E-state index is 10.9. The number of rotatable bonds is 7. The van der Waals surface area contributed by atoms with Crippen LogP contribution in [0.5, 0.6) is 0 Å². The van der Waals surface area contributed by atoms with Crippen LogP contribution in [0.25, 0.3) is 0 Å². The van der Waals surface area contributed by atoms with Gasteiger partial charge in [-0.3, -0.25) is 0 Å². The summed E-state index contributed by atoms with van der Waals surface area (Å²) >= 11 is 0. The fourth-order valence-corrected chi connectivity index (χ4v) is 0.763. The summed E-state index contributed by atoms with van der Waals surface area (Å²) in [5.41, 5.74) is 0.433. The van der Waals surface area contributed by atoms with Gasteiger partial charge in [0.05, 0.1) is 20.3 Å². The van der Waals surface area contributed by atoms with E-state index in [0.717, 1.165) is 12.2 Å². The second-order valence-electron chi connectivity index (χ2n) is 4.17. The number of methoxy groups -OCH3 is 1. The van der Waals surface area contributed by atoms with E-state index in [4.69, 9.17) is 10.2 Å². The van der Waals surface area contributed by atoms with Crippen molar-refractivity contribution < 1.29 is 38.8 Å². The number of esters is 3. The molecule has 0 heterocycles. The number of hydrogen-bond donors (Lipinski definition) is 2. The maximum Gasteiger partial charge on any atom is 0.332 e. The first-order valence-corrected chi connectivity index (χ1v) is 6.37. The van der Waals surface area contributed by atoms with Gasteiger partial charge < -0.3 is 38.3 Å². The van der Waals surface area contributed by atoms with E-state index in [2.05, 4.69) is 34.6 Å². The molecule has 0 saturated heterocycles. The molecule has 0 aromatic heterocycles. The van der Waals surface area contributed by atoms with Crippen molar-refractivity contribution in [2.45, 2.75) is 19.1 Å². The normalized spacial score (nSPS) is 11.4. The molecule has 136 valence electrons. The molecular weight excluding hydrogens is 842 g/mol. The van der Waals surface area contributed by atoms with Gasteiger partial charge in [-0.1, -0.05) is 6.58 Å². The Bertz CT molecular complexity index is 407. The minimum atomic E-state index is -1.01. The van der Waals surface area contributed by atoms with Crippen LogP contribution in [-0.4, -0.2) is 60.7 Å². The monoisotopic (exact) mass is 864 g/mol. The van der Waals surface area contributed by atoms with Crippen molar-refractivity contribution in [3.05, 3.63) is 38.2 Å². The number of aliphatic hydroxyl groups is 2. The van der Waals surface area contributed by atoms with Gasteiger partial charge in [0.1, 0.15) is 0 Å². The Morgan fingerprint density at radius 2 is 1.32 bits per heavy atom. The molecule has 8 nitrogen and oxygen atoms in total. The molecule has 0 fully saturated rings. The summed E-state index contributed by atoms with van der Waals surface area (Å²) in [5, 5.41) is 17.4. The smallest absolute Gasteiger partial charge is 0.332 e. The standard InChI is InChI=1S/C10H14O6.C5H8O2.2Rf/c1-7(11)5-15-9(13)3-4-10(14)16-6-8(2)12;1-4(2)5(6)7-3;;/h3-4,7-8,11-12H,1-2,5-6H2;1H2,2-3H3;;/q-2;;;/b4-3-;;;. The van der Waals surface area contributed by atoms with E-state index in [1.165, 1.54) is 7.11 Å². The van der Waals surface area contributed by atoms with Crippen molar-refractivity contribution in [3.63, 3.8) is 0 Å². The summed E-state index contributed by atoms with van der Waals surface area (Å²) in [7, 11) is 1.33. The van der Waals surface area contributed by atoms with Crippen LogP contribution in [0.2, 0.25) is 0 Å². The molecule has 0 aromatic carbocycles. The van der Waals surface area contributed by atoms with E-state index >= 15 is 0 Å². The molecule has 0 radical (unpaired) electrons. The van der Waals surface area contributed by atoms with Crippen LogP contribution < -0.4 is 0 Å². The molecule has 0 aromatic rings. The molecule has 10 heteroatoms. The van der Waals surface area contributed by atoms with E-state index in [-0.39, 0.29) is 19.2 Å². The van der Waals surface area contributed by atoms with Gasteiger partial charge in [-0.25, -0.2) is 14.4 Å². The quantitative estimate of drug-likeness (QED) is 0.156. The molecule has 0 amide bonds. The van der Waals surface area contributed by atoms with Gasteiger partial charge in [0.2, 0.25) is 0 Å². The van der Waals surface area contributed by atoms with Gasteiger partial charge in [-0.2, -0.15) is 0 Å². The first kappa shape index (κ1) is 28.9. The minimum Gasteiger partial charge on any atom is -0.466 e. The Morgan fingerprint density at radius 1 is 1.00 bits per heavy atom. The first-order valence-electron chi connectivity index (χ1n) is 6.37. The summed E-state index contributed by atoms with van der Waals surface area (Å²) in [6, 6.07) is 0. The summed E-state index contributed by atoms with van der Waals surface area (Å²) in [5.74, 6) is -1.94. The van der Waals surface area contributed by atoms with E-state index in [1.807, 2.05) is 0 Å². The third-order valence-electron chi connectivity index (χ3n) is 1.73. The average molecular weight is 864 g/mol. The fraction of sp³-hybridized carbons (Fsp3) is 0.400. The van der Waals surface area contributed by atoms with Crippen molar-refractivity contribution >= 4 is 17.9 Å². The van der Waals surface area contributed by atoms with E-state index in [1.54, 1.807) is 6.92 Å². The van der Waals surface area contributed by atoms with Crippen LogP contribution in [0.15, 0.2) is 24.3 Å². The third kappa shape index (κ3) is 22.2. The molecule has 2 atom stereocenters. The molecule has 0 aliphatic heterocycles. The third-order valence-corrected chi connectivity index (χ3v) is 1.73. The van der Waals surface area contributed by atoms with Crippen molar-refractivity contribution in [3.8, 4) is 0 Å². The van der Waals surface area contributed by atoms with Crippen LogP contribution >= 0.6 is 0 Å². The zero-order valence-electron chi connectivity index (χ0n) is 14.6. The zero-order valence-corrected chi connectivity index (χ0v) is 27.4. The Balaban J connectivity index is -0.000000210. The molecule has 2 N–H and O–H groups in total. The van der Waals surface area contributed by atoms with Gasteiger partial charge in [-0.15, -0.1) is 0 Å². The topological polar surface area (TPSA) is 119 Å². The summed E-state index contributed by atoms with van der Waals surface area (Å²) in [4.78, 5) is 31.9. The Labute approximate surface area is 135 Å². The molecule has 0 aliphatic rings. The van der Waals surface area contributed by atoms with Gasteiger partial charge in [0, 0.05) is 17.7 Å². The number of hydrogen-bond acceptors (Lipinski definition) is 8. The molecule has 25 heavy (non-hydrogen) atoms. The molecule has 0 spiro atoms. The Hall–Kier alpha value is -4.19. The SMILES string of the molecule is C=C(C)C(=O)OC.[CH2-]C(O)COC(=O)/C=C\C(=O)OCC([CH2-])O.[Rf].[Rf]. The number of carbonyl (C=O) groups excluding carboxylic acids is 3. The van der Waals surface area contributed by atoms with Gasteiger partial charge in [0.25, 0.3) is 0 Å². The van der Waals surface area contributed by atoms with Crippen LogP contribution in [0, 0.1) is 13.8 Å². The van der Waals surface area contributed by atoms with Crippen molar-refractivity contribution in [2.75, 3.05) is 20.3 Å². The van der Waals surface area contributed by atoms with Crippen LogP contribution in [0.1, 0.15) is 6.92 Å². The van der Waals surface area contributed by atoms with Crippen molar-refractivity contribution in [2.24, 2.45) is 0 Å². The number of carbonyl (C=O) groups is 3. The Kier molecular flexibility index (Phi) is 18.7. The van der Waals surface area contributed by atoms with Gasteiger partial charge in [0.15, 0.2) is 0 Å². The minimum absolute atomic E-state index is 0. The second kappa shape index (κ2) is 16.2. The molecule has 0 saturated carbocycles. The zero-order chi connectivity index (χ0) is 18.4. The predicted octanol–water partition coefficient (Wildman–Crippen LogP) is -0.246. The molecule has 0 bridgehead atoms. The number of ether oxygens (including phenoxy) is 3. The van der Waals surface area contributed by atoms with E-state index < -0.39 is 24.1 Å². The van der Waals surface area contributed by atoms with Crippen LogP contribution in [-0.2, 0) is 28.6 Å². The predicted molar refractivity (Wildman–Crippen MR) is 80.6 cm³/mol. The molecular formula is C15H22O8Rf2-2. The average Bonchev–Trinajstić information content (AvgIpc) is 2.48. The van der Waals surface area contributed by atoms with Crippen LogP contribution in [0.3, 0.4) is 0 Å². The van der Waals surface area contributed by atoms with E-state index in [9.17, 15) is 14.4 Å². The molecule has 0 aliphatic carbocycles. The van der Waals surface area contributed by atoms with Crippen molar-refractivity contribution in [1.29, 1.82) is 0 Å². The number of aliphatic hydroxyl groups excluding tert-OH is 2. The molecule has 2 unspecified atom stereocenters. The largest absolute Gasteiger partial charge is 0.466 e. The van der Waals surface area contributed by atoms with Gasteiger partial charge >= 0.3 is 17.9 Å². The summed E-state index contributed by atoms with van der Waals surface area (Å²) in [6.07, 6.45) is -0.323. The summed E-state index contributed by atoms with van der Waals surface area (Å²) in [6.45, 7) is 10.8. The van der Waals surface area contributed by atoms with Gasteiger partial charge in [-0.05, 0) is 19.1 Å². The molecule has 0 rings (SSSR count). The Morgan fingerprint density at radius 3 is 1.48 bits per heavy atom. The first-order chi connectivity index (χ1) is 10.6. The van der Waals surface area contributed by atoms with Crippen molar-refractivity contribution in [1.82, 2.24) is 0 Å². The summed E-state index contributed by atoms with van der Waals surface area (Å²) < 4.78 is 13.2. The second-order valence-corrected chi connectivity index (χ2v) is 4.17. The van der Waals surface area contributed by atoms with Crippen LogP contribution in [0.4, 0.5) is 0 Å². The maximum atomic E-state index is 10.9. The van der Waals surface area contributed by atoms with E-state index in [0.29, 0.717) is 5.57 Å². The fourth-order valence-electron chi connectivity index (χ4n) is 0.763.